The molecule has 3 nitrogen and oxygen atoms in total. The fourth-order valence-corrected chi connectivity index (χ4v) is 2.56. The lowest BCUT2D eigenvalue weighted by molar-refractivity contribution is -0.00291. The molecule has 14 heavy (non-hydrogen) atoms. The summed E-state index contributed by atoms with van der Waals surface area (Å²) in [5, 5.41) is 3.43. The zero-order valence-electron chi connectivity index (χ0n) is 9.33. The van der Waals surface area contributed by atoms with Crippen molar-refractivity contribution in [3.05, 3.63) is 0 Å². The highest BCUT2D eigenvalue weighted by Gasteiger charge is 2.37. The Morgan fingerprint density at radius 1 is 1.36 bits per heavy atom. The second-order valence-electron chi connectivity index (χ2n) is 4.39. The molecule has 1 saturated carbocycles. The Labute approximate surface area is 86.8 Å². The molecule has 1 aliphatic heterocycles. The summed E-state index contributed by atoms with van der Waals surface area (Å²) in [6, 6.07) is 2.08. The molecule has 0 aromatic carbocycles. The summed E-state index contributed by atoms with van der Waals surface area (Å²) < 4.78 is 5.59. The van der Waals surface area contributed by atoms with Crippen LogP contribution in [0.4, 0.5) is 0 Å². The van der Waals surface area contributed by atoms with E-state index >= 15 is 0 Å². The lowest BCUT2D eigenvalue weighted by atomic mass is 10.0. The fourth-order valence-electron chi connectivity index (χ4n) is 2.56. The molecule has 82 valence electrons. The molecule has 3 heteroatoms. The molecule has 1 heterocycles. The molecule has 2 unspecified atom stereocenters. The summed E-state index contributed by atoms with van der Waals surface area (Å²) in [5.74, 6) is 0. The van der Waals surface area contributed by atoms with Gasteiger partial charge in [0, 0.05) is 24.7 Å². The smallest absolute Gasteiger partial charge is 0.0637 e. The van der Waals surface area contributed by atoms with Crippen molar-refractivity contribution >= 4 is 0 Å². The van der Waals surface area contributed by atoms with Gasteiger partial charge in [-0.15, -0.1) is 0 Å². The molecule has 0 aromatic rings. The maximum atomic E-state index is 5.59. The van der Waals surface area contributed by atoms with Crippen molar-refractivity contribution in [2.45, 2.75) is 44.3 Å². The summed E-state index contributed by atoms with van der Waals surface area (Å²) in [7, 11) is 2.07. The van der Waals surface area contributed by atoms with Crippen molar-refractivity contribution < 1.29 is 4.74 Å². The van der Waals surface area contributed by atoms with Crippen LogP contribution in [0.25, 0.3) is 0 Å². The van der Waals surface area contributed by atoms with Crippen molar-refractivity contribution in [2.75, 3.05) is 26.8 Å². The standard InChI is InChI=1S/C11H22N2O/c1-3-13(9-4-5-9)11-8-14-7-6-10(11)12-2/h9-12H,3-8H2,1-2H3. The second-order valence-corrected chi connectivity index (χ2v) is 4.39. The Hall–Kier alpha value is -0.120. The van der Waals surface area contributed by atoms with Crippen molar-refractivity contribution in [3.63, 3.8) is 0 Å². The topological polar surface area (TPSA) is 24.5 Å². The third-order valence-electron chi connectivity index (χ3n) is 3.50. The molecule has 0 amide bonds. The number of likely N-dealkylation sites (N-methyl/N-ethyl adjacent to an activating group) is 2. The fraction of sp³-hybridized carbons (Fsp3) is 1.00. The molecule has 1 N–H and O–H groups in total. The lowest BCUT2D eigenvalue weighted by Crippen LogP contribution is -2.55. The highest BCUT2D eigenvalue weighted by Crippen LogP contribution is 2.30. The van der Waals surface area contributed by atoms with Gasteiger partial charge in [0.1, 0.15) is 0 Å². The van der Waals surface area contributed by atoms with Crippen LogP contribution in [0.15, 0.2) is 0 Å². The van der Waals surface area contributed by atoms with Gasteiger partial charge >= 0.3 is 0 Å². The van der Waals surface area contributed by atoms with Crippen LogP contribution in [-0.4, -0.2) is 49.8 Å². The van der Waals surface area contributed by atoms with Crippen molar-refractivity contribution in [1.82, 2.24) is 10.2 Å². The molecular weight excluding hydrogens is 176 g/mol. The maximum Gasteiger partial charge on any atom is 0.0637 e. The zero-order chi connectivity index (χ0) is 9.97. The molecule has 0 aromatic heterocycles. The van der Waals surface area contributed by atoms with Crippen LogP contribution in [0.5, 0.6) is 0 Å². The van der Waals surface area contributed by atoms with Gasteiger partial charge < -0.3 is 10.1 Å². The minimum atomic E-state index is 0.603. The largest absolute Gasteiger partial charge is 0.380 e. The van der Waals surface area contributed by atoms with E-state index in [1.165, 1.54) is 12.8 Å². The molecule has 2 aliphatic rings. The normalized spacial score (nSPS) is 33.6. The predicted octanol–water partition coefficient (Wildman–Crippen LogP) is 0.848. The molecule has 2 fully saturated rings. The minimum Gasteiger partial charge on any atom is -0.380 e. The Morgan fingerprint density at radius 3 is 2.71 bits per heavy atom. The molecule has 1 aliphatic carbocycles. The van der Waals surface area contributed by atoms with Crippen LogP contribution >= 0.6 is 0 Å². The number of hydrogen-bond acceptors (Lipinski definition) is 3. The summed E-state index contributed by atoms with van der Waals surface area (Å²) in [5.41, 5.74) is 0. The van der Waals surface area contributed by atoms with Crippen LogP contribution in [0.3, 0.4) is 0 Å². The van der Waals surface area contributed by atoms with Gasteiger partial charge in [-0.2, -0.15) is 0 Å². The first kappa shape index (κ1) is 10.4. The van der Waals surface area contributed by atoms with E-state index in [0.29, 0.717) is 12.1 Å². The first-order valence-corrected chi connectivity index (χ1v) is 5.87. The summed E-state index contributed by atoms with van der Waals surface area (Å²) in [6.45, 7) is 5.26. The second kappa shape index (κ2) is 4.60. The Balaban J connectivity index is 1.96. The molecule has 0 radical (unpaired) electrons. The van der Waals surface area contributed by atoms with Crippen LogP contribution in [0, 0.1) is 0 Å². The summed E-state index contributed by atoms with van der Waals surface area (Å²) in [6.07, 6.45) is 3.94. The highest BCUT2D eigenvalue weighted by molar-refractivity contribution is 4.94. The van der Waals surface area contributed by atoms with Gasteiger partial charge in [-0.05, 0) is 32.9 Å². The molecule has 0 bridgehead atoms. The van der Waals surface area contributed by atoms with E-state index in [9.17, 15) is 0 Å². The van der Waals surface area contributed by atoms with Gasteiger partial charge in [0.2, 0.25) is 0 Å². The van der Waals surface area contributed by atoms with E-state index in [0.717, 1.165) is 32.2 Å². The first-order chi connectivity index (χ1) is 6.86. The minimum absolute atomic E-state index is 0.603. The van der Waals surface area contributed by atoms with Crippen LogP contribution in [0.2, 0.25) is 0 Å². The van der Waals surface area contributed by atoms with Gasteiger partial charge in [0.25, 0.3) is 0 Å². The number of hydrogen-bond donors (Lipinski definition) is 1. The van der Waals surface area contributed by atoms with E-state index in [-0.39, 0.29) is 0 Å². The third-order valence-corrected chi connectivity index (χ3v) is 3.50. The molecular formula is C11H22N2O. The van der Waals surface area contributed by atoms with Crippen molar-refractivity contribution in [3.8, 4) is 0 Å². The van der Waals surface area contributed by atoms with E-state index in [1.807, 2.05) is 0 Å². The van der Waals surface area contributed by atoms with Gasteiger partial charge in [-0.25, -0.2) is 0 Å². The number of nitrogens with one attached hydrogen (secondary N) is 1. The van der Waals surface area contributed by atoms with E-state index in [4.69, 9.17) is 4.74 Å². The summed E-state index contributed by atoms with van der Waals surface area (Å²) in [4.78, 5) is 2.63. The number of rotatable bonds is 4. The Bertz CT molecular complexity index is 182. The average molecular weight is 198 g/mol. The van der Waals surface area contributed by atoms with Crippen LogP contribution < -0.4 is 5.32 Å². The third kappa shape index (κ3) is 2.10. The molecule has 0 spiro atoms. The molecule has 1 saturated heterocycles. The molecule has 2 rings (SSSR count). The van der Waals surface area contributed by atoms with Gasteiger partial charge in [0.15, 0.2) is 0 Å². The van der Waals surface area contributed by atoms with E-state index in [2.05, 4.69) is 24.2 Å². The van der Waals surface area contributed by atoms with Gasteiger partial charge in [-0.3, -0.25) is 4.90 Å². The Morgan fingerprint density at radius 2 is 2.14 bits per heavy atom. The van der Waals surface area contributed by atoms with Gasteiger partial charge in [-0.1, -0.05) is 6.92 Å². The number of ether oxygens (including phenoxy) is 1. The van der Waals surface area contributed by atoms with Crippen LogP contribution in [0.1, 0.15) is 26.2 Å². The van der Waals surface area contributed by atoms with Gasteiger partial charge in [0.05, 0.1) is 6.61 Å². The quantitative estimate of drug-likeness (QED) is 0.725. The van der Waals surface area contributed by atoms with E-state index in [1.54, 1.807) is 0 Å². The molecule has 2 atom stereocenters. The summed E-state index contributed by atoms with van der Waals surface area (Å²) >= 11 is 0. The monoisotopic (exact) mass is 198 g/mol. The highest BCUT2D eigenvalue weighted by atomic mass is 16.5. The predicted molar refractivity (Wildman–Crippen MR) is 57.5 cm³/mol. The Kier molecular flexibility index (Phi) is 3.42. The lowest BCUT2D eigenvalue weighted by Gasteiger charge is -2.39. The van der Waals surface area contributed by atoms with Crippen molar-refractivity contribution in [1.29, 1.82) is 0 Å². The number of nitrogens with zero attached hydrogens (tertiary/aromatic N) is 1. The van der Waals surface area contributed by atoms with E-state index < -0.39 is 0 Å². The zero-order valence-corrected chi connectivity index (χ0v) is 9.33. The van der Waals surface area contributed by atoms with Crippen LogP contribution in [-0.2, 0) is 4.74 Å². The SMILES string of the molecule is CCN(C1CC1)C1COCCC1NC. The first-order valence-electron chi connectivity index (χ1n) is 5.87. The average Bonchev–Trinajstić information content (AvgIpc) is 3.04. The maximum absolute atomic E-state index is 5.59. The van der Waals surface area contributed by atoms with Crippen molar-refractivity contribution in [2.24, 2.45) is 0 Å².